The summed E-state index contributed by atoms with van der Waals surface area (Å²) in [5.41, 5.74) is 0. The summed E-state index contributed by atoms with van der Waals surface area (Å²) < 4.78 is 0. The number of aliphatic hydroxyl groups is 1. The van der Waals surface area contributed by atoms with Gasteiger partial charge in [-0.15, -0.1) is 0 Å². The molecule has 132 valence electrons. The van der Waals surface area contributed by atoms with Gasteiger partial charge in [-0.3, -0.25) is 4.89 Å². The van der Waals surface area contributed by atoms with Gasteiger partial charge in [0.1, 0.15) is 0 Å². The van der Waals surface area contributed by atoms with Gasteiger partial charge in [-0.1, -0.05) is 84.5 Å². The van der Waals surface area contributed by atoms with Crippen molar-refractivity contribution in [3.63, 3.8) is 0 Å². The van der Waals surface area contributed by atoms with Gasteiger partial charge >= 0.3 is 5.97 Å². The van der Waals surface area contributed by atoms with Crippen LogP contribution in [0.1, 0.15) is 97.3 Å². The molecule has 0 fully saturated rings. The van der Waals surface area contributed by atoms with E-state index < -0.39 is 12.1 Å². The van der Waals surface area contributed by atoms with E-state index in [1.807, 2.05) is 0 Å². The first-order valence-electron chi connectivity index (χ1n) is 9.23. The van der Waals surface area contributed by atoms with E-state index in [-0.39, 0.29) is 0 Å². The van der Waals surface area contributed by atoms with Crippen LogP contribution < -0.4 is 0 Å². The molecule has 0 aliphatic carbocycles. The number of hydrogen-bond acceptors (Lipinski definition) is 4. The van der Waals surface area contributed by atoms with E-state index in [1.54, 1.807) is 0 Å². The maximum atomic E-state index is 11.5. The highest BCUT2D eigenvalue weighted by molar-refractivity contribution is 5.73. The minimum absolute atomic E-state index is 0.418. The molecule has 0 heterocycles. The zero-order valence-corrected chi connectivity index (χ0v) is 14.6. The van der Waals surface area contributed by atoms with Crippen molar-refractivity contribution in [3.8, 4) is 0 Å². The highest BCUT2D eigenvalue weighted by Crippen LogP contribution is 2.10. The van der Waals surface area contributed by atoms with Crippen molar-refractivity contribution in [1.29, 1.82) is 0 Å². The molecule has 0 amide bonds. The third-order valence-electron chi connectivity index (χ3n) is 3.83. The molecular weight excluding hydrogens is 280 g/mol. The van der Waals surface area contributed by atoms with Crippen LogP contribution in [0.3, 0.4) is 0 Å². The van der Waals surface area contributed by atoms with Crippen molar-refractivity contribution in [2.45, 2.75) is 103 Å². The quantitative estimate of drug-likeness (QED) is 0.249. The van der Waals surface area contributed by atoms with E-state index in [1.165, 1.54) is 51.4 Å². The van der Waals surface area contributed by atoms with Crippen LogP contribution in [0.2, 0.25) is 0 Å². The largest absolute Gasteiger partial charge is 0.381 e. The first kappa shape index (κ1) is 21.4. The van der Waals surface area contributed by atoms with Crippen molar-refractivity contribution >= 4 is 5.97 Å². The Morgan fingerprint density at radius 2 is 1.32 bits per heavy atom. The fraction of sp³-hybridized carbons (Fsp3) is 0.944. The van der Waals surface area contributed by atoms with Gasteiger partial charge in [0.05, 0.1) is 6.61 Å². The molecule has 0 aliphatic heterocycles. The Labute approximate surface area is 136 Å². The molecule has 4 nitrogen and oxygen atoms in total. The van der Waals surface area contributed by atoms with Crippen LogP contribution in [0.4, 0.5) is 0 Å². The highest BCUT2D eigenvalue weighted by atomic mass is 17.2. The summed E-state index contributed by atoms with van der Waals surface area (Å²) in [5, 5.41) is 9.67. The Morgan fingerprint density at radius 1 is 0.818 bits per heavy atom. The van der Waals surface area contributed by atoms with Crippen LogP contribution in [0.15, 0.2) is 0 Å². The summed E-state index contributed by atoms with van der Waals surface area (Å²) in [6.45, 7) is 4.80. The first-order chi connectivity index (χ1) is 10.7. The van der Waals surface area contributed by atoms with Crippen LogP contribution in [0.5, 0.6) is 0 Å². The molecule has 0 spiro atoms. The van der Waals surface area contributed by atoms with Crippen molar-refractivity contribution in [2.75, 3.05) is 6.61 Å². The van der Waals surface area contributed by atoms with Gasteiger partial charge in [0.2, 0.25) is 0 Å². The average molecular weight is 316 g/mol. The third-order valence-corrected chi connectivity index (χ3v) is 3.83. The minimum Gasteiger partial charge on any atom is -0.381 e. The molecule has 0 bridgehead atoms. The molecule has 0 aromatic heterocycles. The Hall–Kier alpha value is -0.610. The molecule has 1 N–H and O–H groups in total. The van der Waals surface area contributed by atoms with Crippen LogP contribution >= 0.6 is 0 Å². The molecule has 0 aromatic carbocycles. The molecule has 1 atom stereocenters. The Bertz CT molecular complexity index is 243. The predicted molar refractivity (Wildman–Crippen MR) is 89.4 cm³/mol. The Morgan fingerprint density at radius 3 is 1.91 bits per heavy atom. The zero-order valence-electron chi connectivity index (χ0n) is 14.6. The fourth-order valence-electron chi connectivity index (χ4n) is 2.33. The van der Waals surface area contributed by atoms with Gasteiger partial charge in [-0.2, -0.15) is 4.89 Å². The summed E-state index contributed by atoms with van der Waals surface area (Å²) >= 11 is 0. The first-order valence-corrected chi connectivity index (χ1v) is 9.23. The smallest absolute Gasteiger partial charge is 0.370 e. The summed E-state index contributed by atoms with van der Waals surface area (Å²) in [5.74, 6) is -0.653. The van der Waals surface area contributed by atoms with Crippen molar-refractivity contribution < 1.29 is 19.7 Å². The lowest BCUT2D eigenvalue weighted by Crippen LogP contribution is -2.23. The molecule has 1 unspecified atom stereocenters. The Kier molecular flexibility index (Phi) is 16.3. The van der Waals surface area contributed by atoms with E-state index >= 15 is 0 Å². The van der Waals surface area contributed by atoms with Gasteiger partial charge in [0.25, 0.3) is 0 Å². The second kappa shape index (κ2) is 16.8. The summed E-state index contributed by atoms with van der Waals surface area (Å²) in [4.78, 5) is 21.0. The highest BCUT2D eigenvalue weighted by Gasteiger charge is 2.17. The van der Waals surface area contributed by atoms with Crippen LogP contribution in [0.25, 0.3) is 0 Å². The van der Waals surface area contributed by atoms with E-state index in [2.05, 4.69) is 18.7 Å². The summed E-state index contributed by atoms with van der Waals surface area (Å²) in [6.07, 6.45) is 13.2. The molecule has 0 saturated carbocycles. The normalized spacial score (nSPS) is 12.3. The van der Waals surface area contributed by atoms with E-state index in [9.17, 15) is 9.90 Å². The molecule has 4 heteroatoms. The van der Waals surface area contributed by atoms with Crippen LogP contribution in [-0.2, 0) is 14.6 Å². The van der Waals surface area contributed by atoms with Gasteiger partial charge in [0, 0.05) is 0 Å². The zero-order chi connectivity index (χ0) is 16.5. The molecule has 0 aromatic rings. The lowest BCUT2D eigenvalue weighted by atomic mass is 10.1. The SMILES string of the molecule is CCCCCCCCOOC(=O)C(O)CCCCCCCC. The second-order valence-electron chi connectivity index (χ2n) is 6.06. The molecule has 0 saturated heterocycles. The minimum atomic E-state index is -1.05. The average Bonchev–Trinajstić information content (AvgIpc) is 2.52. The maximum Gasteiger partial charge on any atom is 0.370 e. The predicted octanol–water partition coefficient (Wildman–Crippen LogP) is 4.93. The molecular formula is C18H36O4. The van der Waals surface area contributed by atoms with Crippen molar-refractivity contribution in [3.05, 3.63) is 0 Å². The fourth-order valence-corrected chi connectivity index (χ4v) is 2.33. The van der Waals surface area contributed by atoms with Crippen LogP contribution in [-0.4, -0.2) is 23.8 Å². The topological polar surface area (TPSA) is 55.8 Å². The lowest BCUT2D eigenvalue weighted by molar-refractivity contribution is -0.279. The lowest BCUT2D eigenvalue weighted by Gasteiger charge is -2.09. The van der Waals surface area contributed by atoms with E-state index in [0.29, 0.717) is 13.0 Å². The van der Waals surface area contributed by atoms with Gasteiger partial charge in [-0.25, -0.2) is 4.79 Å². The monoisotopic (exact) mass is 316 g/mol. The van der Waals surface area contributed by atoms with Crippen molar-refractivity contribution in [2.24, 2.45) is 0 Å². The number of aliphatic hydroxyl groups excluding tert-OH is 1. The summed E-state index contributed by atoms with van der Waals surface area (Å²) in [7, 11) is 0. The maximum absolute atomic E-state index is 11.5. The van der Waals surface area contributed by atoms with Gasteiger partial charge in [-0.05, 0) is 12.8 Å². The standard InChI is InChI=1S/C18H36O4/c1-3-5-7-9-11-13-15-17(19)18(20)22-21-16-14-12-10-8-6-4-2/h17,19H,3-16H2,1-2H3. The van der Waals surface area contributed by atoms with E-state index in [4.69, 9.17) is 4.89 Å². The van der Waals surface area contributed by atoms with Crippen LogP contribution in [0, 0.1) is 0 Å². The molecule has 0 aliphatic rings. The number of unbranched alkanes of at least 4 members (excludes halogenated alkanes) is 10. The summed E-state index contributed by atoms with van der Waals surface area (Å²) in [6, 6.07) is 0. The number of carbonyl (C=O) groups excluding carboxylic acids is 1. The van der Waals surface area contributed by atoms with Crippen molar-refractivity contribution in [1.82, 2.24) is 0 Å². The molecule has 0 radical (unpaired) electrons. The second-order valence-corrected chi connectivity index (χ2v) is 6.06. The number of rotatable bonds is 16. The molecule has 0 rings (SSSR count). The Balaban J connectivity index is 3.35. The third kappa shape index (κ3) is 14.3. The van der Waals surface area contributed by atoms with Gasteiger partial charge < -0.3 is 5.11 Å². The van der Waals surface area contributed by atoms with E-state index in [0.717, 1.165) is 25.7 Å². The molecule has 22 heavy (non-hydrogen) atoms. The number of hydrogen-bond donors (Lipinski definition) is 1. The van der Waals surface area contributed by atoms with Gasteiger partial charge in [0.15, 0.2) is 6.10 Å². The number of carbonyl (C=O) groups is 1.